The van der Waals surface area contributed by atoms with Crippen LogP contribution in [0.5, 0.6) is 0 Å². The number of alkyl carbamates (subject to hydrolysis) is 2. The summed E-state index contributed by atoms with van der Waals surface area (Å²) >= 11 is 0. The number of carbonyl (C=O) groups is 4. The van der Waals surface area contributed by atoms with Crippen molar-refractivity contribution >= 4 is 24.0 Å². The summed E-state index contributed by atoms with van der Waals surface area (Å²) in [5.74, 6) is 0.761. The van der Waals surface area contributed by atoms with Gasteiger partial charge in [-0.25, -0.2) is 19.6 Å². The van der Waals surface area contributed by atoms with Crippen LogP contribution in [0.2, 0.25) is 0 Å². The zero-order valence-electron chi connectivity index (χ0n) is 26.6. The Kier molecular flexibility index (Phi) is 10.2. The molecule has 47 heavy (non-hydrogen) atoms. The molecule has 14 heteroatoms. The van der Waals surface area contributed by atoms with Gasteiger partial charge in [0.05, 0.1) is 50.1 Å². The smallest absolute Gasteiger partial charge is 0.407 e. The molecule has 3 atom stereocenters. The first-order valence-corrected chi connectivity index (χ1v) is 15.2. The van der Waals surface area contributed by atoms with Gasteiger partial charge in [0.15, 0.2) is 0 Å². The average molecular weight is 643 g/mol. The van der Waals surface area contributed by atoms with Gasteiger partial charge in [-0.3, -0.25) is 9.59 Å². The number of ether oxygens (including phenoxy) is 2. The number of nitrogens with zero attached hydrogens (tertiary/aromatic N) is 3. The number of likely N-dealkylation sites (tertiary alicyclic amines) is 1. The highest BCUT2D eigenvalue weighted by Crippen LogP contribution is 2.33. The van der Waals surface area contributed by atoms with Crippen molar-refractivity contribution in [2.75, 3.05) is 27.3 Å². The van der Waals surface area contributed by atoms with Gasteiger partial charge in [-0.1, -0.05) is 48.5 Å². The molecular formula is C33H38N8O6. The van der Waals surface area contributed by atoms with Gasteiger partial charge in [-0.2, -0.15) is 0 Å². The lowest BCUT2D eigenvalue weighted by Crippen LogP contribution is -2.46. The minimum Gasteiger partial charge on any atom is -0.453 e. The van der Waals surface area contributed by atoms with Crippen molar-refractivity contribution in [3.63, 3.8) is 0 Å². The van der Waals surface area contributed by atoms with Crippen molar-refractivity contribution < 1.29 is 28.7 Å². The normalized spacial score (nSPS) is 15.4. The summed E-state index contributed by atoms with van der Waals surface area (Å²) in [6.07, 6.45) is 3.81. The third-order valence-electron chi connectivity index (χ3n) is 8.02. The van der Waals surface area contributed by atoms with E-state index in [0.29, 0.717) is 18.2 Å². The molecule has 1 saturated heterocycles. The fraction of sp³-hybridized carbons (Fsp3) is 0.333. The maximum Gasteiger partial charge on any atom is 0.407 e. The van der Waals surface area contributed by atoms with E-state index in [-0.39, 0.29) is 24.4 Å². The summed E-state index contributed by atoms with van der Waals surface area (Å²) in [6.45, 7) is 3.84. The molecule has 4 amide bonds. The first kappa shape index (κ1) is 32.7. The molecule has 0 saturated carbocycles. The van der Waals surface area contributed by atoms with E-state index < -0.39 is 24.3 Å². The molecule has 1 aliphatic rings. The van der Waals surface area contributed by atoms with Crippen LogP contribution in [0.3, 0.4) is 0 Å². The fourth-order valence-corrected chi connectivity index (χ4v) is 5.49. The van der Waals surface area contributed by atoms with Crippen LogP contribution in [0.15, 0.2) is 60.9 Å². The number of hydrogen-bond donors (Lipinski definition) is 5. The summed E-state index contributed by atoms with van der Waals surface area (Å²) in [4.78, 5) is 65.3. The molecule has 14 nitrogen and oxygen atoms in total. The molecule has 5 N–H and O–H groups in total. The monoisotopic (exact) mass is 642 g/mol. The molecule has 2 aromatic heterocycles. The lowest BCUT2D eigenvalue weighted by Gasteiger charge is -2.26. The Morgan fingerprint density at radius 3 is 2.02 bits per heavy atom. The maximum atomic E-state index is 13.0. The van der Waals surface area contributed by atoms with E-state index in [1.54, 1.807) is 31.1 Å². The van der Waals surface area contributed by atoms with E-state index in [4.69, 9.17) is 0 Å². The van der Waals surface area contributed by atoms with Gasteiger partial charge in [-0.05, 0) is 48.9 Å². The number of hydrogen-bond acceptors (Lipinski definition) is 8. The summed E-state index contributed by atoms with van der Waals surface area (Å²) in [5, 5.41) is 7.67. The number of nitrogens with one attached hydrogen (secondary N) is 5. The Balaban J connectivity index is 1.20. The Bertz CT molecular complexity index is 1720. The van der Waals surface area contributed by atoms with Crippen LogP contribution < -0.4 is 16.0 Å². The topological polar surface area (TPSA) is 183 Å². The third-order valence-corrected chi connectivity index (χ3v) is 8.02. The highest BCUT2D eigenvalue weighted by molar-refractivity contribution is 5.86. The standard InChI is InChI=1S/C33H38N8O6/c1-19(37-28(42)18-36-32(44)46-3)29-34-16-25(39-29)23-11-7-21(8-12-23)22-9-13-24(14-10-22)26-17-35-30(40-26)27-6-5-15-41(27)31(43)20(2)38-33(45)47-4/h7-14,16-17,19-20,27H,5-6,15,18H2,1-4H3,(H,34,39)(H,35,40)(H,36,44)(H,37,42)(H,38,45)/t19-,20-,27+/m1/s1. The van der Waals surface area contributed by atoms with Gasteiger partial charge in [0.2, 0.25) is 11.8 Å². The number of aromatic nitrogens is 4. The fourth-order valence-electron chi connectivity index (χ4n) is 5.49. The number of aromatic amines is 2. The molecule has 246 valence electrons. The number of H-pyrrole nitrogens is 2. The van der Waals surface area contributed by atoms with Gasteiger partial charge >= 0.3 is 12.2 Å². The molecule has 0 aliphatic carbocycles. The molecule has 2 aromatic carbocycles. The van der Waals surface area contributed by atoms with Gasteiger partial charge in [0.25, 0.3) is 0 Å². The minimum absolute atomic E-state index is 0.177. The van der Waals surface area contributed by atoms with Crippen molar-refractivity contribution in [2.45, 2.75) is 44.8 Å². The van der Waals surface area contributed by atoms with Gasteiger partial charge in [-0.15, -0.1) is 0 Å². The van der Waals surface area contributed by atoms with Crippen LogP contribution in [-0.4, -0.2) is 82.2 Å². The van der Waals surface area contributed by atoms with E-state index in [1.807, 2.05) is 48.5 Å². The average Bonchev–Trinajstić information content (AvgIpc) is 3.88. The van der Waals surface area contributed by atoms with Crippen molar-refractivity contribution in [2.24, 2.45) is 0 Å². The molecule has 1 aliphatic heterocycles. The first-order chi connectivity index (χ1) is 22.7. The van der Waals surface area contributed by atoms with Crippen LogP contribution in [0.25, 0.3) is 33.6 Å². The van der Waals surface area contributed by atoms with Gasteiger partial charge in [0, 0.05) is 6.54 Å². The lowest BCUT2D eigenvalue weighted by molar-refractivity contribution is -0.134. The van der Waals surface area contributed by atoms with Gasteiger partial charge in [0.1, 0.15) is 24.2 Å². The van der Waals surface area contributed by atoms with Crippen LogP contribution in [0, 0.1) is 0 Å². The number of amides is 4. The number of benzene rings is 2. The zero-order valence-corrected chi connectivity index (χ0v) is 26.6. The Labute approximate surface area is 271 Å². The van der Waals surface area contributed by atoms with E-state index in [2.05, 4.69) is 45.4 Å². The molecule has 5 rings (SSSR count). The summed E-state index contributed by atoms with van der Waals surface area (Å²) in [7, 11) is 2.50. The van der Waals surface area contributed by atoms with Crippen LogP contribution in [-0.2, 0) is 19.1 Å². The number of methoxy groups -OCH3 is 2. The van der Waals surface area contributed by atoms with E-state index >= 15 is 0 Å². The molecule has 0 spiro atoms. The van der Waals surface area contributed by atoms with Crippen LogP contribution in [0.1, 0.15) is 50.4 Å². The van der Waals surface area contributed by atoms with Crippen molar-refractivity contribution in [3.05, 3.63) is 72.6 Å². The predicted octanol–water partition coefficient (Wildman–Crippen LogP) is 4.08. The number of imidazole rings is 2. The molecule has 0 radical (unpaired) electrons. The predicted molar refractivity (Wildman–Crippen MR) is 173 cm³/mol. The number of carbonyl (C=O) groups excluding carboxylic acids is 4. The molecule has 0 bridgehead atoms. The molecule has 4 aromatic rings. The summed E-state index contributed by atoms with van der Waals surface area (Å²) < 4.78 is 9.09. The Morgan fingerprint density at radius 1 is 0.830 bits per heavy atom. The van der Waals surface area contributed by atoms with Crippen LogP contribution in [0.4, 0.5) is 9.59 Å². The highest BCUT2D eigenvalue weighted by Gasteiger charge is 2.34. The largest absolute Gasteiger partial charge is 0.453 e. The summed E-state index contributed by atoms with van der Waals surface area (Å²) in [6, 6.07) is 14.9. The molecule has 3 heterocycles. The molecule has 0 unspecified atom stereocenters. The van der Waals surface area contributed by atoms with Crippen molar-refractivity contribution in [1.82, 2.24) is 40.8 Å². The Morgan fingerprint density at radius 2 is 1.40 bits per heavy atom. The SMILES string of the molecule is COC(=O)NCC(=O)N[C@H](C)c1ncc(-c2ccc(-c3ccc(-c4cnc([C@@H]5CCCN5C(=O)[C@@H](C)NC(=O)OC)[nH]4)cc3)cc2)[nH]1. The van der Waals surface area contributed by atoms with E-state index in [0.717, 1.165) is 46.5 Å². The first-order valence-electron chi connectivity index (χ1n) is 15.2. The second-order valence-corrected chi connectivity index (χ2v) is 11.2. The van der Waals surface area contributed by atoms with Gasteiger partial charge < -0.3 is 40.3 Å². The zero-order chi connectivity index (χ0) is 33.5. The Hall–Kier alpha value is -5.66. The minimum atomic E-state index is -0.705. The van der Waals surface area contributed by atoms with Crippen molar-refractivity contribution in [1.29, 1.82) is 0 Å². The number of rotatable bonds is 10. The lowest BCUT2D eigenvalue weighted by atomic mass is 10.0. The second-order valence-electron chi connectivity index (χ2n) is 11.2. The highest BCUT2D eigenvalue weighted by atomic mass is 16.5. The maximum absolute atomic E-state index is 13.0. The molecular weight excluding hydrogens is 604 g/mol. The quantitative estimate of drug-likeness (QED) is 0.171. The third kappa shape index (κ3) is 7.77. The second kappa shape index (κ2) is 14.6. The van der Waals surface area contributed by atoms with E-state index in [9.17, 15) is 19.2 Å². The molecule has 1 fully saturated rings. The summed E-state index contributed by atoms with van der Waals surface area (Å²) in [5.41, 5.74) is 5.65. The van der Waals surface area contributed by atoms with Crippen molar-refractivity contribution in [3.8, 4) is 33.6 Å². The van der Waals surface area contributed by atoms with Crippen LogP contribution >= 0.6 is 0 Å². The van der Waals surface area contributed by atoms with E-state index in [1.165, 1.54) is 14.2 Å².